The number of hydrogen-bond acceptors (Lipinski definition) is 4. The van der Waals surface area contributed by atoms with Crippen LogP contribution in [-0.2, 0) is 13.1 Å². The van der Waals surface area contributed by atoms with Crippen molar-refractivity contribution in [2.24, 2.45) is 0 Å². The molecule has 1 aromatic carbocycles. The van der Waals surface area contributed by atoms with E-state index in [-0.39, 0.29) is 0 Å². The Kier molecular flexibility index (Phi) is 5.03. The number of hydrogen-bond donors (Lipinski definition) is 0. The summed E-state index contributed by atoms with van der Waals surface area (Å²) in [7, 11) is 1.72. The van der Waals surface area contributed by atoms with E-state index < -0.39 is 0 Å². The maximum absolute atomic E-state index is 5.29. The third-order valence-corrected chi connectivity index (χ3v) is 4.13. The molecule has 0 radical (unpaired) electrons. The van der Waals surface area contributed by atoms with Gasteiger partial charge in [-0.15, -0.1) is 0 Å². The van der Waals surface area contributed by atoms with E-state index in [0.29, 0.717) is 0 Å². The van der Waals surface area contributed by atoms with E-state index in [0.717, 1.165) is 45.0 Å². The van der Waals surface area contributed by atoms with Gasteiger partial charge < -0.3 is 4.74 Å². The molecule has 0 saturated carbocycles. The van der Waals surface area contributed by atoms with Gasteiger partial charge in [0.2, 0.25) is 0 Å². The number of methoxy groups -OCH3 is 1. The van der Waals surface area contributed by atoms with Gasteiger partial charge in [0.1, 0.15) is 5.75 Å². The van der Waals surface area contributed by atoms with Gasteiger partial charge in [0, 0.05) is 51.7 Å². The van der Waals surface area contributed by atoms with E-state index >= 15 is 0 Å². The number of piperazine rings is 1. The highest BCUT2D eigenvalue weighted by molar-refractivity contribution is 5.28. The van der Waals surface area contributed by atoms with Gasteiger partial charge in [0.25, 0.3) is 0 Å². The molecule has 0 unspecified atom stereocenters. The van der Waals surface area contributed by atoms with E-state index in [1.807, 2.05) is 24.5 Å². The first-order chi connectivity index (χ1) is 10.8. The van der Waals surface area contributed by atoms with E-state index in [9.17, 15) is 0 Å². The molecule has 1 aliphatic rings. The van der Waals surface area contributed by atoms with E-state index in [4.69, 9.17) is 4.74 Å². The van der Waals surface area contributed by atoms with Crippen LogP contribution in [-0.4, -0.2) is 48.1 Å². The molecule has 1 saturated heterocycles. The Morgan fingerprint density at radius 2 is 1.64 bits per heavy atom. The summed E-state index contributed by atoms with van der Waals surface area (Å²) in [6.45, 7) is 6.44. The van der Waals surface area contributed by atoms with Crippen LogP contribution in [0.1, 0.15) is 11.1 Å². The van der Waals surface area contributed by atoms with Crippen LogP contribution >= 0.6 is 0 Å². The normalized spacial score (nSPS) is 16.6. The minimum Gasteiger partial charge on any atom is -0.497 e. The molecule has 0 aliphatic carbocycles. The molecule has 1 fully saturated rings. The minimum absolute atomic E-state index is 0.938. The molecular weight excluding hydrogens is 274 g/mol. The summed E-state index contributed by atoms with van der Waals surface area (Å²) < 4.78 is 5.29. The third-order valence-electron chi connectivity index (χ3n) is 4.13. The molecule has 2 heterocycles. The number of benzene rings is 1. The third kappa shape index (κ3) is 4.06. The summed E-state index contributed by atoms with van der Waals surface area (Å²) in [4.78, 5) is 9.20. The van der Waals surface area contributed by atoms with Crippen LogP contribution in [0.4, 0.5) is 0 Å². The minimum atomic E-state index is 0.938. The van der Waals surface area contributed by atoms with Crippen LogP contribution in [0.3, 0.4) is 0 Å². The molecule has 2 aromatic rings. The van der Waals surface area contributed by atoms with Gasteiger partial charge in [-0.25, -0.2) is 0 Å². The molecule has 0 amide bonds. The van der Waals surface area contributed by atoms with Crippen molar-refractivity contribution in [2.45, 2.75) is 13.1 Å². The zero-order chi connectivity index (χ0) is 15.2. The maximum atomic E-state index is 5.29. The molecule has 0 spiro atoms. The first kappa shape index (κ1) is 15.0. The van der Waals surface area contributed by atoms with E-state index in [1.165, 1.54) is 11.1 Å². The van der Waals surface area contributed by atoms with Crippen LogP contribution < -0.4 is 4.74 Å². The summed E-state index contributed by atoms with van der Waals surface area (Å²) in [6, 6.07) is 12.5. The van der Waals surface area contributed by atoms with Crippen molar-refractivity contribution in [1.82, 2.24) is 14.8 Å². The topological polar surface area (TPSA) is 28.6 Å². The lowest BCUT2D eigenvalue weighted by Crippen LogP contribution is -2.45. The van der Waals surface area contributed by atoms with Gasteiger partial charge in [0.15, 0.2) is 0 Å². The van der Waals surface area contributed by atoms with Crippen molar-refractivity contribution < 1.29 is 4.74 Å². The molecule has 4 heteroatoms. The largest absolute Gasteiger partial charge is 0.497 e. The highest BCUT2D eigenvalue weighted by atomic mass is 16.5. The van der Waals surface area contributed by atoms with Crippen molar-refractivity contribution in [1.29, 1.82) is 0 Å². The molecular formula is C18H23N3O. The molecule has 0 bridgehead atoms. The Balaban J connectivity index is 1.49. The van der Waals surface area contributed by atoms with E-state index in [2.05, 4.69) is 39.0 Å². The molecule has 0 atom stereocenters. The van der Waals surface area contributed by atoms with Crippen molar-refractivity contribution in [2.75, 3.05) is 33.3 Å². The average molecular weight is 297 g/mol. The monoisotopic (exact) mass is 297 g/mol. The fourth-order valence-corrected chi connectivity index (χ4v) is 2.88. The first-order valence-corrected chi connectivity index (χ1v) is 7.80. The van der Waals surface area contributed by atoms with Crippen molar-refractivity contribution in [3.05, 3.63) is 59.9 Å². The highest BCUT2D eigenvalue weighted by Gasteiger charge is 2.17. The lowest BCUT2D eigenvalue weighted by atomic mass is 10.2. The van der Waals surface area contributed by atoms with Crippen LogP contribution in [0.15, 0.2) is 48.8 Å². The van der Waals surface area contributed by atoms with Crippen molar-refractivity contribution >= 4 is 0 Å². The van der Waals surface area contributed by atoms with Gasteiger partial charge in [-0.1, -0.05) is 18.2 Å². The second-order valence-electron chi connectivity index (χ2n) is 5.77. The SMILES string of the molecule is COc1cccc(CN2CCN(Cc3cccnc3)CC2)c1. The lowest BCUT2D eigenvalue weighted by molar-refractivity contribution is 0.122. The Morgan fingerprint density at radius 1 is 0.955 bits per heavy atom. The van der Waals surface area contributed by atoms with Crippen LogP contribution in [0, 0.1) is 0 Å². The number of rotatable bonds is 5. The average Bonchev–Trinajstić information content (AvgIpc) is 2.58. The molecule has 4 nitrogen and oxygen atoms in total. The number of ether oxygens (including phenoxy) is 1. The molecule has 116 valence electrons. The van der Waals surface area contributed by atoms with Crippen LogP contribution in [0.25, 0.3) is 0 Å². The number of aromatic nitrogens is 1. The first-order valence-electron chi connectivity index (χ1n) is 7.80. The summed E-state index contributed by atoms with van der Waals surface area (Å²) in [5.41, 5.74) is 2.61. The maximum Gasteiger partial charge on any atom is 0.119 e. The molecule has 3 rings (SSSR count). The second-order valence-corrected chi connectivity index (χ2v) is 5.77. The fourth-order valence-electron chi connectivity index (χ4n) is 2.88. The molecule has 1 aromatic heterocycles. The van der Waals surface area contributed by atoms with Gasteiger partial charge in [-0.2, -0.15) is 0 Å². The highest BCUT2D eigenvalue weighted by Crippen LogP contribution is 2.16. The lowest BCUT2D eigenvalue weighted by Gasteiger charge is -2.34. The van der Waals surface area contributed by atoms with E-state index in [1.54, 1.807) is 7.11 Å². The predicted octanol–water partition coefficient (Wildman–Crippen LogP) is 2.41. The quantitative estimate of drug-likeness (QED) is 0.847. The number of nitrogens with zero attached hydrogens (tertiary/aromatic N) is 3. The van der Waals surface area contributed by atoms with Crippen LogP contribution in [0.5, 0.6) is 5.75 Å². The van der Waals surface area contributed by atoms with Gasteiger partial charge in [0.05, 0.1) is 7.11 Å². The Labute approximate surface area is 132 Å². The van der Waals surface area contributed by atoms with Crippen molar-refractivity contribution in [3.63, 3.8) is 0 Å². The van der Waals surface area contributed by atoms with Gasteiger partial charge in [-0.05, 0) is 29.3 Å². The van der Waals surface area contributed by atoms with Gasteiger partial charge in [-0.3, -0.25) is 14.8 Å². The Bertz CT molecular complexity index is 580. The molecule has 1 aliphatic heterocycles. The fraction of sp³-hybridized carbons (Fsp3) is 0.389. The van der Waals surface area contributed by atoms with Crippen LogP contribution in [0.2, 0.25) is 0 Å². The Morgan fingerprint density at radius 3 is 2.27 bits per heavy atom. The standard InChI is InChI=1S/C18H23N3O/c1-22-18-6-2-4-16(12-18)14-20-8-10-21(11-9-20)15-17-5-3-7-19-13-17/h2-7,12-13H,8-11,14-15H2,1H3. The molecule has 0 N–H and O–H groups in total. The summed E-state index contributed by atoms with van der Waals surface area (Å²) in [5, 5.41) is 0. The number of pyridine rings is 1. The summed E-state index contributed by atoms with van der Waals surface area (Å²) >= 11 is 0. The smallest absolute Gasteiger partial charge is 0.119 e. The molecule has 22 heavy (non-hydrogen) atoms. The summed E-state index contributed by atoms with van der Waals surface area (Å²) in [6.07, 6.45) is 3.79. The van der Waals surface area contributed by atoms with Crippen molar-refractivity contribution in [3.8, 4) is 5.75 Å². The zero-order valence-electron chi connectivity index (χ0n) is 13.1. The predicted molar refractivity (Wildman–Crippen MR) is 87.8 cm³/mol. The second kappa shape index (κ2) is 7.38. The zero-order valence-corrected chi connectivity index (χ0v) is 13.1. The summed E-state index contributed by atoms with van der Waals surface area (Å²) in [5.74, 6) is 0.938. The van der Waals surface area contributed by atoms with Gasteiger partial charge >= 0.3 is 0 Å². The Hall–Kier alpha value is -1.91.